The number of carbonyl (C=O) groups excluding carboxylic acids is 5. The molecular weight excluding hydrogens is 436 g/mol. The number of hydrogen-bond donors (Lipinski definition) is 5. The summed E-state index contributed by atoms with van der Waals surface area (Å²) in [4.78, 5) is 66.4. The lowest BCUT2D eigenvalue weighted by molar-refractivity contribution is -0.210. The fourth-order valence-electron chi connectivity index (χ4n) is 5.97. The number of likely N-dealkylation sites (N-methyl/N-ethyl adjacent to an activating group) is 1. The summed E-state index contributed by atoms with van der Waals surface area (Å²) in [5, 5.41) is 44.5. The highest BCUT2D eigenvalue weighted by Crippen LogP contribution is 2.55. The number of primary amides is 1. The molecule has 0 saturated heterocycles. The van der Waals surface area contributed by atoms with E-state index in [0.29, 0.717) is 0 Å². The Morgan fingerprint density at radius 1 is 1.06 bits per heavy atom. The zero-order chi connectivity index (χ0) is 24.8. The molecule has 33 heavy (non-hydrogen) atoms. The second-order valence-corrected chi connectivity index (χ2v) is 9.37. The number of aliphatic hydroxyl groups is 3. The van der Waals surface area contributed by atoms with Gasteiger partial charge in [0.05, 0.1) is 35.1 Å². The molecule has 0 aromatic heterocycles. The monoisotopic (exact) mass is 460 g/mol. The Balaban J connectivity index is 2.01. The van der Waals surface area contributed by atoms with Crippen molar-refractivity contribution in [2.45, 2.75) is 30.3 Å². The first-order chi connectivity index (χ1) is 15.2. The van der Waals surface area contributed by atoms with Gasteiger partial charge in [-0.25, -0.2) is 0 Å². The number of rotatable bonds is 2. The van der Waals surface area contributed by atoms with Gasteiger partial charge in [-0.05, 0) is 32.6 Å². The summed E-state index contributed by atoms with van der Waals surface area (Å²) in [6, 6.07) is 2.40. The van der Waals surface area contributed by atoms with Crippen LogP contribution in [0.5, 0.6) is 5.75 Å². The Hall–Kier alpha value is -2.99. The van der Waals surface area contributed by atoms with Crippen molar-refractivity contribution in [2.24, 2.45) is 29.4 Å². The quantitative estimate of drug-likeness (QED) is 0.294. The van der Waals surface area contributed by atoms with Crippen molar-refractivity contribution in [1.29, 1.82) is 0 Å². The third-order valence-electron chi connectivity index (χ3n) is 7.40. The minimum atomic E-state index is -3.10. The molecule has 0 aliphatic heterocycles. The van der Waals surface area contributed by atoms with E-state index in [1.807, 2.05) is 0 Å². The summed E-state index contributed by atoms with van der Waals surface area (Å²) in [7, 11) is 2.77. The SMILES string of the molecule is CN(C)[C@@H]1C(=O)C(C(N)=O)C(=O)[C@@]2(O)C(=O)[C@H]3C(=O)c4c(O)cccc4[C@@](C)(O)C3[C@H](O)C12. The summed E-state index contributed by atoms with van der Waals surface area (Å²) in [6.07, 6.45) is -1.90. The maximum absolute atomic E-state index is 13.7. The highest BCUT2D eigenvalue weighted by Gasteiger charge is 2.74. The summed E-state index contributed by atoms with van der Waals surface area (Å²) in [5.41, 5.74) is -0.350. The zero-order valence-corrected chi connectivity index (χ0v) is 18.1. The lowest BCUT2D eigenvalue weighted by Crippen LogP contribution is -2.78. The average Bonchev–Trinajstić information content (AvgIpc) is 2.70. The van der Waals surface area contributed by atoms with Crippen LogP contribution >= 0.6 is 0 Å². The van der Waals surface area contributed by atoms with Crippen molar-refractivity contribution in [3.05, 3.63) is 29.3 Å². The number of nitrogens with two attached hydrogens (primary N) is 1. The molecule has 176 valence electrons. The van der Waals surface area contributed by atoms with Gasteiger partial charge in [-0.3, -0.25) is 28.9 Å². The molecule has 1 aromatic rings. The molecule has 1 amide bonds. The Morgan fingerprint density at radius 3 is 2.21 bits per heavy atom. The van der Waals surface area contributed by atoms with Crippen LogP contribution in [-0.2, 0) is 24.8 Å². The largest absolute Gasteiger partial charge is 0.507 e. The second kappa shape index (κ2) is 7.00. The van der Waals surface area contributed by atoms with E-state index in [-0.39, 0.29) is 11.1 Å². The number of ketones is 4. The van der Waals surface area contributed by atoms with Crippen molar-refractivity contribution in [3.8, 4) is 5.75 Å². The molecule has 3 aliphatic rings. The Kier molecular flexibility index (Phi) is 4.92. The molecule has 1 aromatic carbocycles. The number of aliphatic hydroxyl groups excluding tert-OH is 1. The molecule has 11 heteroatoms. The first-order valence-corrected chi connectivity index (χ1v) is 10.3. The lowest BCUT2D eigenvalue weighted by atomic mass is 9.48. The lowest BCUT2D eigenvalue weighted by Gasteiger charge is -2.57. The Labute approximate surface area is 187 Å². The second-order valence-electron chi connectivity index (χ2n) is 9.37. The number of amides is 1. The molecule has 0 radical (unpaired) electrons. The molecule has 3 unspecified atom stereocenters. The van der Waals surface area contributed by atoms with Crippen LogP contribution in [0.4, 0.5) is 0 Å². The number of carbonyl (C=O) groups is 5. The number of Topliss-reactive ketones (excluding diaryl/α,β-unsaturated/α-hetero) is 4. The molecule has 3 aliphatic carbocycles. The summed E-state index contributed by atoms with van der Waals surface area (Å²) < 4.78 is 0. The molecule has 6 N–H and O–H groups in total. The van der Waals surface area contributed by atoms with E-state index < -0.39 is 81.8 Å². The van der Waals surface area contributed by atoms with E-state index >= 15 is 0 Å². The zero-order valence-electron chi connectivity index (χ0n) is 18.1. The first-order valence-electron chi connectivity index (χ1n) is 10.3. The smallest absolute Gasteiger partial charge is 0.235 e. The molecule has 0 heterocycles. The number of phenols is 1. The number of hydrogen-bond acceptors (Lipinski definition) is 10. The van der Waals surface area contributed by atoms with Crippen LogP contribution in [0.25, 0.3) is 0 Å². The molecule has 0 bridgehead atoms. The topological polar surface area (TPSA) is 196 Å². The fourth-order valence-corrected chi connectivity index (χ4v) is 5.97. The number of nitrogens with zero attached hydrogens (tertiary/aromatic N) is 1. The van der Waals surface area contributed by atoms with Gasteiger partial charge in [0.15, 0.2) is 34.7 Å². The normalized spacial score (nSPS) is 40.3. The minimum Gasteiger partial charge on any atom is -0.507 e. The van der Waals surface area contributed by atoms with Crippen LogP contribution in [0.3, 0.4) is 0 Å². The maximum Gasteiger partial charge on any atom is 0.235 e. The van der Waals surface area contributed by atoms with Gasteiger partial charge in [-0.15, -0.1) is 0 Å². The predicted molar refractivity (Wildman–Crippen MR) is 109 cm³/mol. The highest BCUT2D eigenvalue weighted by atomic mass is 16.3. The van der Waals surface area contributed by atoms with Crippen LogP contribution in [0.15, 0.2) is 18.2 Å². The molecular formula is C22H24N2O9. The van der Waals surface area contributed by atoms with Gasteiger partial charge in [0.1, 0.15) is 5.75 Å². The van der Waals surface area contributed by atoms with Crippen molar-refractivity contribution in [1.82, 2.24) is 4.90 Å². The Bertz CT molecular complexity index is 1130. The molecule has 2 fully saturated rings. The standard InChI is InChI=1S/C22H24N2O9/c1-21(32)7-5-4-6-8(25)9(7)15(26)10-12(21)17(28)13-14(24(2)3)16(27)11(20(23)31)19(30)22(13,33)18(10)29/h4-6,10-14,17,25,28,32-33H,1-3H3,(H2,23,31)/t10-,11?,12?,13?,14+,17+,21-,22+/m1/s1. The van der Waals surface area contributed by atoms with Gasteiger partial charge in [0.2, 0.25) is 5.91 Å². The van der Waals surface area contributed by atoms with Crippen LogP contribution in [-0.4, -0.2) is 86.2 Å². The van der Waals surface area contributed by atoms with Crippen LogP contribution in [0, 0.1) is 23.7 Å². The van der Waals surface area contributed by atoms with Gasteiger partial charge in [-0.1, -0.05) is 12.1 Å². The van der Waals surface area contributed by atoms with Gasteiger partial charge in [0.25, 0.3) is 0 Å². The van der Waals surface area contributed by atoms with Gasteiger partial charge in [-0.2, -0.15) is 0 Å². The number of aromatic hydroxyl groups is 1. The highest BCUT2D eigenvalue weighted by molar-refractivity contribution is 6.32. The average molecular weight is 460 g/mol. The molecule has 4 rings (SSSR count). The summed E-state index contributed by atoms with van der Waals surface area (Å²) in [5.74, 6) is -14.2. The maximum atomic E-state index is 13.7. The summed E-state index contributed by atoms with van der Waals surface area (Å²) >= 11 is 0. The van der Waals surface area contributed by atoms with Crippen LogP contribution in [0.2, 0.25) is 0 Å². The van der Waals surface area contributed by atoms with Crippen molar-refractivity contribution >= 4 is 29.0 Å². The van der Waals surface area contributed by atoms with E-state index in [4.69, 9.17) is 5.73 Å². The third kappa shape index (κ3) is 2.67. The van der Waals surface area contributed by atoms with E-state index in [9.17, 15) is 44.4 Å². The van der Waals surface area contributed by atoms with E-state index in [0.717, 1.165) is 0 Å². The number of phenolic OH excluding ortho intramolecular Hbond substituents is 1. The van der Waals surface area contributed by atoms with Gasteiger partial charge < -0.3 is 26.2 Å². The third-order valence-corrected chi connectivity index (χ3v) is 7.40. The molecule has 2 saturated carbocycles. The fraction of sp³-hybridized carbons (Fsp3) is 0.500. The van der Waals surface area contributed by atoms with Crippen molar-refractivity contribution in [2.75, 3.05) is 14.1 Å². The molecule has 11 nitrogen and oxygen atoms in total. The molecule has 0 spiro atoms. The summed E-state index contributed by atoms with van der Waals surface area (Å²) in [6.45, 7) is 1.24. The number of fused-ring (bicyclic) bond motifs is 3. The first kappa shape index (κ1) is 23.2. The van der Waals surface area contributed by atoms with E-state index in [1.165, 1.54) is 44.1 Å². The van der Waals surface area contributed by atoms with E-state index in [2.05, 4.69) is 0 Å². The van der Waals surface area contributed by atoms with Crippen LogP contribution < -0.4 is 5.73 Å². The van der Waals surface area contributed by atoms with Gasteiger partial charge in [0, 0.05) is 5.92 Å². The minimum absolute atomic E-state index is 0.0454. The Morgan fingerprint density at radius 2 is 1.67 bits per heavy atom. The predicted octanol–water partition coefficient (Wildman–Crippen LogP) is -2.50. The van der Waals surface area contributed by atoms with Crippen LogP contribution in [0.1, 0.15) is 22.8 Å². The molecule has 8 atom stereocenters. The van der Waals surface area contributed by atoms with Crippen molar-refractivity contribution < 1.29 is 44.4 Å². The van der Waals surface area contributed by atoms with Gasteiger partial charge >= 0.3 is 0 Å². The van der Waals surface area contributed by atoms with Crippen molar-refractivity contribution in [3.63, 3.8) is 0 Å². The van der Waals surface area contributed by atoms with E-state index in [1.54, 1.807) is 0 Å². The number of benzene rings is 1.